The van der Waals surface area contributed by atoms with Gasteiger partial charge in [0, 0.05) is 12.3 Å². The molecule has 0 aromatic carbocycles. The van der Waals surface area contributed by atoms with E-state index in [1.165, 1.54) is 6.42 Å². The van der Waals surface area contributed by atoms with Gasteiger partial charge in [0.2, 0.25) is 0 Å². The molecule has 0 saturated carbocycles. The van der Waals surface area contributed by atoms with Gasteiger partial charge in [-0.15, -0.1) is 10.2 Å². The molecule has 0 aliphatic carbocycles. The lowest BCUT2D eigenvalue weighted by atomic mass is 10.4. The summed E-state index contributed by atoms with van der Waals surface area (Å²) in [5.74, 6) is 1.07. The van der Waals surface area contributed by atoms with E-state index in [2.05, 4.69) is 34.5 Å². The van der Waals surface area contributed by atoms with Gasteiger partial charge in [-0.05, 0) is 33.6 Å². The van der Waals surface area contributed by atoms with Crippen molar-refractivity contribution in [3.8, 4) is 0 Å². The Bertz CT molecular complexity index is 238. The summed E-state index contributed by atoms with van der Waals surface area (Å²) < 4.78 is 1.06. The molecule has 0 saturated heterocycles. The summed E-state index contributed by atoms with van der Waals surface area (Å²) in [6.07, 6.45) is 1.20. The zero-order valence-corrected chi connectivity index (χ0v) is 10.9. The molecule has 0 aliphatic rings. The molecule has 0 atom stereocenters. The van der Waals surface area contributed by atoms with Crippen LogP contribution >= 0.6 is 23.1 Å². The van der Waals surface area contributed by atoms with Gasteiger partial charge in [-0.2, -0.15) is 0 Å². The Morgan fingerprint density at radius 1 is 1.47 bits per heavy atom. The molecule has 1 aromatic rings. The van der Waals surface area contributed by atoms with E-state index in [-0.39, 0.29) is 0 Å². The predicted octanol–water partition coefficient (Wildman–Crippen LogP) is 1.17. The van der Waals surface area contributed by atoms with Crippen molar-refractivity contribution in [2.24, 2.45) is 0 Å². The van der Waals surface area contributed by atoms with Gasteiger partial charge >= 0.3 is 0 Å². The summed E-state index contributed by atoms with van der Waals surface area (Å²) >= 11 is 3.36. The largest absolute Gasteiger partial charge is 0.316 e. The molecule has 1 N–H and O–H groups in total. The number of rotatable bonds is 8. The van der Waals surface area contributed by atoms with Crippen molar-refractivity contribution in [3.05, 3.63) is 5.51 Å². The first-order valence-electron chi connectivity index (χ1n) is 5.03. The highest BCUT2D eigenvalue weighted by Gasteiger charge is 1.96. The van der Waals surface area contributed by atoms with Crippen LogP contribution in [0.15, 0.2) is 9.85 Å². The lowest BCUT2D eigenvalue weighted by Crippen LogP contribution is -2.23. The quantitative estimate of drug-likeness (QED) is 0.551. The fourth-order valence-electron chi connectivity index (χ4n) is 1.08. The molecule has 0 amide bonds. The predicted molar refractivity (Wildman–Crippen MR) is 66.7 cm³/mol. The summed E-state index contributed by atoms with van der Waals surface area (Å²) in [6.45, 7) is 3.28. The van der Waals surface area contributed by atoms with Gasteiger partial charge < -0.3 is 10.2 Å². The summed E-state index contributed by atoms with van der Waals surface area (Å²) in [4.78, 5) is 2.21. The molecule has 0 radical (unpaired) electrons. The lowest BCUT2D eigenvalue weighted by molar-refractivity contribution is 0.396. The minimum absolute atomic E-state index is 1.04. The molecule has 0 unspecified atom stereocenters. The SMILES string of the molecule is CN(C)CCCNCCSc1nncs1. The van der Waals surface area contributed by atoms with E-state index in [0.717, 1.165) is 29.7 Å². The van der Waals surface area contributed by atoms with Crippen molar-refractivity contribution in [2.75, 3.05) is 39.5 Å². The van der Waals surface area contributed by atoms with Crippen LogP contribution in [0.3, 0.4) is 0 Å². The third-order valence-corrected chi connectivity index (χ3v) is 3.67. The normalized spacial score (nSPS) is 11.1. The lowest BCUT2D eigenvalue weighted by Gasteiger charge is -2.09. The standard InChI is InChI=1S/C9H18N4S2/c1-13(2)6-3-4-10-5-7-14-9-12-11-8-15-9/h8,10H,3-7H2,1-2H3. The second-order valence-electron chi connectivity index (χ2n) is 3.46. The van der Waals surface area contributed by atoms with Crippen molar-refractivity contribution < 1.29 is 0 Å². The molecule has 4 nitrogen and oxygen atoms in total. The average molecular weight is 246 g/mol. The monoisotopic (exact) mass is 246 g/mol. The zero-order valence-electron chi connectivity index (χ0n) is 9.27. The fraction of sp³-hybridized carbons (Fsp3) is 0.778. The van der Waals surface area contributed by atoms with Gasteiger partial charge in [0.1, 0.15) is 5.51 Å². The van der Waals surface area contributed by atoms with E-state index >= 15 is 0 Å². The van der Waals surface area contributed by atoms with Gasteiger partial charge in [-0.1, -0.05) is 23.1 Å². The topological polar surface area (TPSA) is 41.0 Å². The molecule has 0 spiro atoms. The number of nitrogens with one attached hydrogen (secondary N) is 1. The molecule has 86 valence electrons. The molecule has 0 bridgehead atoms. The molecular formula is C9H18N4S2. The van der Waals surface area contributed by atoms with Crippen molar-refractivity contribution in [1.82, 2.24) is 20.4 Å². The van der Waals surface area contributed by atoms with Crippen molar-refractivity contribution in [3.63, 3.8) is 0 Å². The second-order valence-corrected chi connectivity index (χ2v) is 5.64. The Kier molecular flexibility index (Phi) is 6.91. The fourth-order valence-corrected chi connectivity index (χ4v) is 2.54. The first-order chi connectivity index (χ1) is 7.29. The van der Waals surface area contributed by atoms with E-state index in [4.69, 9.17) is 0 Å². The number of aromatic nitrogens is 2. The third-order valence-electron chi connectivity index (χ3n) is 1.80. The Hall–Kier alpha value is -0.170. The first kappa shape index (κ1) is 12.9. The molecule has 6 heteroatoms. The summed E-state index contributed by atoms with van der Waals surface area (Å²) in [5.41, 5.74) is 1.77. The number of hydrogen-bond acceptors (Lipinski definition) is 6. The summed E-state index contributed by atoms with van der Waals surface area (Å²) in [5, 5.41) is 11.2. The number of nitrogens with zero attached hydrogens (tertiary/aromatic N) is 3. The third kappa shape index (κ3) is 6.83. The minimum atomic E-state index is 1.04. The molecule has 0 fully saturated rings. The van der Waals surface area contributed by atoms with Crippen LogP contribution in [0.25, 0.3) is 0 Å². The van der Waals surface area contributed by atoms with E-state index in [0.29, 0.717) is 0 Å². The van der Waals surface area contributed by atoms with E-state index < -0.39 is 0 Å². The highest BCUT2D eigenvalue weighted by atomic mass is 32.2. The van der Waals surface area contributed by atoms with Crippen LogP contribution < -0.4 is 5.32 Å². The van der Waals surface area contributed by atoms with Gasteiger partial charge in [0.15, 0.2) is 4.34 Å². The van der Waals surface area contributed by atoms with E-state index in [9.17, 15) is 0 Å². The molecular weight excluding hydrogens is 228 g/mol. The van der Waals surface area contributed by atoms with E-state index in [1.54, 1.807) is 28.6 Å². The molecule has 1 rings (SSSR count). The molecule has 0 aliphatic heterocycles. The smallest absolute Gasteiger partial charge is 0.174 e. The maximum Gasteiger partial charge on any atom is 0.174 e. The van der Waals surface area contributed by atoms with Crippen LogP contribution in [0.1, 0.15) is 6.42 Å². The minimum Gasteiger partial charge on any atom is -0.316 e. The second kappa shape index (κ2) is 8.04. The van der Waals surface area contributed by atoms with Gasteiger partial charge in [-0.3, -0.25) is 0 Å². The highest BCUT2D eigenvalue weighted by Crippen LogP contribution is 2.17. The van der Waals surface area contributed by atoms with Crippen LogP contribution in [0.5, 0.6) is 0 Å². The van der Waals surface area contributed by atoms with Crippen LogP contribution in [0.4, 0.5) is 0 Å². The average Bonchev–Trinajstić information content (AvgIpc) is 2.68. The highest BCUT2D eigenvalue weighted by molar-refractivity contribution is 8.01. The van der Waals surface area contributed by atoms with Crippen molar-refractivity contribution in [2.45, 2.75) is 10.8 Å². The van der Waals surface area contributed by atoms with Gasteiger partial charge in [0.25, 0.3) is 0 Å². The Morgan fingerprint density at radius 3 is 3.00 bits per heavy atom. The van der Waals surface area contributed by atoms with Crippen LogP contribution in [0.2, 0.25) is 0 Å². The Balaban J connectivity index is 1.85. The zero-order chi connectivity index (χ0) is 10.9. The first-order valence-corrected chi connectivity index (χ1v) is 6.90. The van der Waals surface area contributed by atoms with Crippen molar-refractivity contribution >= 4 is 23.1 Å². The summed E-state index contributed by atoms with van der Waals surface area (Å²) in [7, 11) is 4.20. The number of thioether (sulfide) groups is 1. The van der Waals surface area contributed by atoms with Gasteiger partial charge in [-0.25, -0.2) is 0 Å². The maximum atomic E-state index is 3.97. The summed E-state index contributed by atoms with van der Waals surface area (Å²) in [6, 6.07) is 0. The maximum absolute atomic E-state index is 3.97. The Labute approximate surface area is 99.5 Å². The Morgan fingerprint density at radius 2 is 2.33 bits per heavy atom. The van der Waals surface area contributed by atoms with Crippen LogP contribution in [0, 0.1) is 0 Å². The number of hydrogen-bond donors (Lipinski definition) is 1. The van der Waals surface area contributed by atoms with Crippen molar-refractivity contribution in [1.29, 1.82) is 0 Å². The van der Waals surface area contributed by atoms with E-state index in [1.807, 2.05) is 0 Å². The van der Waals surface area contributed by atoms with Crippen LogP contribution in [-0.4, -0.2) is 54.6 Å². The molecule has 15 heavy (non-hydrogen) atoms. The molecule has 1 aromatic heterocycles. The van der Waals surface area contributed by atoms with Gasteiger partial charge in [0.05, 0.1) is 0 Å². The molecule has 1 heterocycles. The van der Waals surface area contributed by atoms with Crippen LogP contribution in [-0.2, 0) is 0 Å².